The third-order valence-corrected chi connectivity index (χ3v) is 4.41. The molecule has 0 saturated heterocycles. The molecule has 3 rings (SSSR count). The van der Waals surface area contributed by atoms with Gasteiger partial charge in [0.25, 0.3) is 0 Å². The van der Waals surface area contributed by atoms with Crippen LogP contribution in [0.2, 0.25) is 0 Å². The number of ether oxygens (including phenoxy) is 2. The van der Waals surface area contributed by atoms with Crippen LogP contribution >= 0.6 is 11.3 Å². The van der Waals surface area contributed by atoms with E-state index >= 15 is 0 Å². The Balaban J connectivity index is 2.11. The van der Waals surface area contributed by atoms with Crippen LogP contribution in [-0.2, 0) is 16.2 Å². The van der Waals surface area contributed by atoms with Gasteiger partial charge in [-0.15, -0.1) is 11.3 Å². The summed E-state index contributed by atoms with van der Waals surface area (Å²) in [5.41, 5.74) is 8.54. The highest BCUT2D eigenvalue weighted by molar-refractivity contribution is 7.16. The van der Waals surface area contributed by atoms with Crippen molar-refractivity contribution in [2.45, 2.75) is 13.7 Å². The molecule has 0 spiro atoms. The van der Waals surface area contributed by atoms with Crippen LogP contribution in [0.3, 0.4) is 0 Å². The first-order valence-corrected chi connectivity index (χ1v) is 7.97. The van der Waals surface area contributed by atoms with Gasteiger partial charge in [-0.2, -0.15) is 0 Å². The number of nitrogens with zero attached hydrogens (tertiary/aromatic N) is 2. The molecule has 0 aliphatic rings. The van der Waals surface area contributed by atoms with Crippen molar-refractivity contribution in [2.24, 2.45) is 0 Å². The molecule has 3 aromatic rings. The van der Waals surface area contributed by atoms with Gasteiger partial charge in [0, 0.05) is 12.5 Å². The Labute approximate surface area is 137 Å². The van der Waals surface area contributed by atoms with Crippen molar-refractivity contribution in [3.8, 4) is 10.7 Å². The van der Waals surface area contributed by atoms with E-state index in [0.717, 1.165) is 21.6 Å². The van der Waals surface area contributed by atoms with Gasteiger partial charge < -0.3 is 19.8 Å². The first-order valence-electron chi connectivity index (χ1n) is 7.15. The fourth-order valence-corrected chi connectivity index (χ4v) is 3.32. The van der Waals surface area contributed by atoms with Crippen LogP contribution in [0.5, 0.6) is 0 Å². The maximum absolute atomic E-state index is 11.8. The molecule has 0 fully saturated rings. The van der Waals surface area contributed by atoms with Crippen LogP contribution in [0.25, 0.3) is 21.6 Å². The molecule has 6 nitrogen and oxygen atoms in total. The topological polar surface area (TPSA) is 79.4 Å². The van der Waals surface area contributed by atoms with Crippen LogP contribution in [-0.4, -0.2) is 29.2 Å². The van der Waals surface area contributed by atoms with Crippen molar-refractivity contribution in [3.05, 3.63) is 35.3 Å². The van der Waals surface area contributed by atoms with Crippen LogP contribution in [0.15, 0.2) is 30.5 Å². The summed E-state index contributed by atoms with van der Waals surface area (Å²) < 4.78 is 12.3. The van der Waals surface area contributed by atoms with Crippen molar-refractivity contribution in [1.82, 2.24) is 9.55 Å². The summed E-state index contributed by atoms with van der Waals surface area (Å²) in [5, 5.41) is 1.73. The maximum Gasteiger partial charge on any atom is 0.349 e. The van der Waals surface area contributed by atoms with Crippen molar-refractivity contribution in [3.63, 3.8) is 0 Å². The molecule has 0 atom stereocenters. The summed E-state index contributed by atoms with van der Waals surface area (Å²) in [6, 6.07) is 7.74. The number of nitrogens with two attached hydrogens (primary N) is 1. The summed E-state index contributed by atoms with van der Waals surface area (Å²) in [6.07, 6.45) is 1.54. The van der Waals surface area contributed by atoms with Gasteiger partial charge in [-0.05, 0) is 19.1 Å². The number of hydrogen-bond acceptors (Lipinski definition) is 6. The zero-order valence-electron chi connectivity index (χ0n) is 12.9. The molecule has 0 aliphatic carbocycles. The fraction of sp³-hybridized carbons (Fsp3) is 0.250. The number of thiazole rings is 1. The third-order valence-electron chi connectivity index (χ3n) is 3.41. The highest BCUT2D eigenvalue weighted by Crippen LogP contribution is 2.33. The molecule has 23 heavy (non-hydrogen) atoms. The number of esters is 1. The maximum atomic E-state index is 11.8. The normalized spacial score (nSPS) is 11.0. The molecule has 0 amide bonds. The van der Waals surface area contributed by atoms with E-state index in [1.807, 2.05) is 28.8 Å². The van der Waals surface area contributed by atoms with Gasteiger partial charge in [0.1, 0.15) is 16.6 Å². The summed E-state index contributed by atoms with van der Waals surface area (Å²) in [6.45, 7) is 2.47. The minimum absolute atomic E-state index is 0.340. The standard InChI is InChI=1S/C16H17N3O3S/c1-3-22-16(20)13-8-18-15(23-13)12-7-10-5-4-6-11(17)14(10)19(12)9-21-2/h4-8H,3,9,17H2,1-2H3. The molecule has 2 N–H and O–H groups in total. The van der Waals surface area contributed by atoms with Crippen molar-refractivity contribution >= 4 is 33.9 Å². The predicted octanol–water partition coefficient (Wildman–Crippen LogP) is 3.13. The van der Waals surface area contributed by atoms with Gasteiger partial charge >= 0.3 is 5.97 Å². The summed E-state index contributed by atoms with van der Waals surface area (Å²) >= 11 is 1.29. The number of benzene rings is 1. The van der Waals surface area contributed by atoms with Gasteiger partial charge in [0.15, 0.2) is 0 Å². The minimum atomic E-state index is -0.356. The zero-order valence-corrected chi connectivity index (χ0v) is 13.7. The first kappa shape index (κ1) is 15.5. The highest BCUT2D eigenvalue weighted by Gasteiger charge is 2.18. The second-order valence-corrected chi connectivity index (χ2v) is 5.94. The monoisotopic (exact) mass is 331 g/mol. The molecule has 7 heteroatoms. The SMILES string of the molecule is CCOC(=O)c1cnc(-c2cc3cccc(N)c3n2COC)s1. The van der Waals surface area contributed by atoms with Gasteiger partial charge in [-0.3, -0.25) is 0 Å². The van der Waals surface area contributed by atoms with Crippen LogP contribution in [0.4, 0.5) is 5.69 Å². The minimum Gasteiger partial charge on any atom is -0.462 e. The number of para-hydroxylation sites is 1. The van der Waals surface area contributed by atoms with E-state index in [0.29, 0.717) is 23.9 Å². The number of fused-ring (bicyclic) bond motifs is 1. The van der Waals surface area contributed by atoms with E-state index in [1.54, 1.807) is 14.0 Å². The summed E-state index contributed by atoms with van der Waals surface area (Å²) in [7, 11) is 1.63. The number of carbonyl (C=O) groups excluding carboxylic acids is 1. The van der Waals surface area contributed by atoms with E-state index in [4.69, 9.17) is 15.2 Å². The summed E-state index contributed by atoms with van der Waals surface area (Å²) in [4.78, 5) is 16.7. The van der Waals surface area contributed by atoms with E-state index in [-0.39, 0.29) is 5.97 Å². The van der Waals surface area contributed by atoms with E-state index in [1.165, 1.54) is 17.5 Å². The van der Waals surface area contributed by atoms with Gasteiger partial charge in [0.2, 0.25) is 0 Å². The van der Waals surface area contributed by atoms with Crippen LogP contribution < -0.4 is 5.73 Å². The number of rotatable bonds is 5. The number of anilines is 1. The lowest BCUT2D eigenvalue weighted by Crippen LogP contribution is -2.03. The molecule has 2 aromatic heterocycles. The van der Waals surface area contributed by atoms with Crippen molar-refractivity contribution < 1.29 is 14.3 Å². The number of methoxy groups -OCH3 is 1. The molecule has 0 radical (unpaired) electrons. The Kier molecular flexibility index (Phi) is 4.31. The second kappa shape index (κ2) is 6.39. The Bertz CT molecular complexity index is 853. The summed E-state index contributed by atoms with van der Waals surface area (Å²) in [5.74, 6) is -0.356. The van der Waals surface area contributed by atoms with E-state index in [9.17, 15) is 4.79 Å². The largest absolute Gasteiger partial charge is 0.462 e. The van der Waals surface area contributed by atoms with Gasteiger partial charge in [0.05, 0.1) is 29.7 Å². The Morgan fingerprint density at radius 1 is 1.43 bits per heavy atom. The third kappa shape index (κ3) is 2.80. The van der Waals surface area contributed by atoms with E-state index in [2.05, 4.69) is 4.98 Å². The first-order chi connectivity index (χ1) is 11.2. The lowest BCUT2D eigenvalue weighted by atomic mass is 10.2. The lowest BCUT2D eigenvalue weighted by molar-refractivity contribution is 0.0532. The highest BCUT2D eigenvalue weighted by atomic mass is 32.1. The molecule has 0 saturated carbocycles. The molecule has 0 aliphatic heterocycles. The number of carbonyl (C=O) groups is 1. The molecule has 0 unspecified atom stereocenters. The zero-order chi connectivity index (χ0) is 16.4. The molecule has 0 bridgehead atoms. The number of nitrogen functional groups attached to an aromatic ring is 1. The Hall–Kier alpha value is -2.38. The van der Waals surface area contributed by atoms with Crippen molar-refractivity contribution in [2.75, 3.05) is 19.5 Å². The average Bonchev–Trinajstić information content (AvgIpc) is 3.13. The molecular weight excluding hydrogens is 314 g/mol. The van der Waals surface area contributed by atoms with Gasteiger partial charge in [-0.1, -0.05) is 12.1 Å². The second-order valence-electron chi connectivity index (χ2n) is 4.91. The number of hydrogen-bond donors (Lipinski definition) is 1. The van der Waals surface area contributed by atoms with Crippen LogP contribution in [0.1, 0.15) is 16.6 Å². The smallest absolute Gasteiger partial charge is 0.349 e. The predicted molar refractivity (Wildman–Crippen MR) is 90.4 cm³/mol. The molecule has 120 valence electrons. The van der Waals surface area contributed by atoms with Gasteiger partial charge in [-0.25, -0.2) is 9.78 Å². The molecular formula is C16H17N3O3S. The Morgan fingerprint density at radius 3 is 3.00 bits per heavy atom. The van der Waals surface area contributed by atoms with E-state index < -0.39 is 0 Å². The molecule has 2 heterocycles. The lowest BCUT2D eigenvalue weighted by Gasteiger charge is -2.09. The quantitative estimate of drug-likeness (QED) is 0.574. The number of aromatic nitrogens is 2. The fourth-order valence-electron chi connectivity index (χ4n) is 2.48. The van der Waals surface area contributed by atoms with Crippen LogP contribution in [0, 0.1) is 0 Å². The Morgan fingerprint density at radius 2 is 2.26 bits per heavy atom. The van der Waals surface area contributed by atoms with Crippen molar-refractivity contribution in [1.29, 1.82) is 0 Å². The average molecular weight is 331 g/mol. The molecule has 1 aromatic carbocycles.